The molecule has 2 aromatic rings. The number of benzene rings is 1. The summed E-state index contributed by atoms with van der Waals surface area (Å²) in [7, 11) is 3.19. The fraction of sp³-hybridized carbons (Fsp3) is 0.500. The van der Waals surface area contributed by atoms with Gasteiger partial charge in [-0.25, -0.2) is 0 Å². The van der Waals surface area contributed by atoms with E-state index in [-0.39, 0.29) is 12.2 Å². The number of ether oxygens (including phenoxy) is 2. The van der Waals surface area contributed by atoms with Gasteiger partial charge in [0.05, 0.1) is 25.4 Å². The predicted octanol–water partition coefficient (Wildman–Crippen LogP) is 2.14. The normalized spacial score (nSPS) is 15.7. The Kier molecular flexibility index (Phi) is 4.94. The summed E-state index contributed by atoms with van der Waals surface area (Å²) in [5.41, 5.74) is 1.55. The molecule has 1 saturated heterocycles. The number of aromatic nitrogens is 1. The minimum Gasteiger partial charge on any atom is -0.493 e. The molecule has 1 aliphatic heterocycles. The molecule has 0 saturated carbocycles. The van der Waals surface area contributed by atoms with Gasteiger partial charge in [0.25, 0.3) is 0 Å². The molecule has 0 bridgehead atoms. The van der Waals surface area contributed by atoms with Crippen molar-refractivity contribution < 1.29 is 14.6 Å². The zero-order valence-corrected chi connectivity index (χ0v) is 14.2. The number of aliphatic hydroxyl groups is 1. The van der Waals surface area contributed by atoms with Crippen LogP contribution in [-0.2, 0) is 0 Å². The number of methoxy groups -OCH3 is 2. The summed E-state index contributed by atoms with van der Waals surface area (Å²) < 4.78 is 10.7. The van der Waals surface area contributed by atoms with Crippen molar-refractivity contribution in [2.75, 3.05) is 38.8 Å². The lowest BCUT2D eigenvalue weighted by Crippen LogP contribution is -2.34. The van der Waals surface area contributed by atoms with Crippen molar-refractivity contribution in [2.24, 2.45) is 5.92 Å². The number of anilines is 1. The summed E-state index contributed by atoms with van der Waals surface area (Å²) in [5, 5.41) is 10.1. The highest BCUT2D eigenvalue weighted by Crippen LogP contribution is 2.36. The quantitative estimate of drug-likeness (QED) is 0.877. The van der Waals surface area contributed by atoms with Crippen molar-refractivity contribution in [1.82, 2.24) is 4.98 Å². The number of nitrogens with zero attached hydrogens (tertiary/aromatic N) is 1. The van der Waals surface area contributed by atoms with Gasteiger partial charge < -0.3 is 24.5 Å². The highest BCUT2D eigenvalue weighted by Gasteiger charge is 2.21. The molecule has 3 rings (SSSR count). The zero-order valence-electron chi connectivity index (χ0n) is 14.2. The minimum atomic E-state index is -0.123. The van der Waals surface area contributed by atoms with Crippen LogP contribution < -0.4 is 19.9 Å². The number of H-pyrrole nitrogens is 1. The van der Waals surface area contributed by atoms with Crippen LogP contribution in [0.2, 0.25) is 0 Å². The Balaban J connectivity index is 2.00. The van der Waals surface area contributed by atoms with E-state index in [0.717, 1.165) is 48.9 Å². The standard InChI is InChI=1S/C18H24N2O4/c1-23-16-9-13-14(10-17(16)24-2)19-18(22)11-15(13)20-6-3-12(4-7-20)5-8-21/h9-12,21H,3-8H2,1-2H3,(H,19,22). The van der Waals surface area contributed by atoms with Gasteiger partial charge in [0.1, 0.15) is 0 Å². The molecule has 2 heterocycles. The van der Waals surface area contributed by atoms with Crippen molar-refractivity contribution in [3.05, 3.63) is 28.6 Å². The van der Waals surface area contributed by atoms with Gasteiger partial charge in [-0.15, -0.1) is 0 Å². The third-order valence-electron chi connectivity index (χ3n) is 4.82. The summed E-state index contributed by atoms with van der Waals surface area (Å²) in [4.78, 5) is 17.2. The van der Waals surface area contributed by atoms with Crippen molar-refractivity contribution in [1.29, 1.82) is 0 Å². The smallest absolute Gasteiger partial charge is 0.250 e. The van der Waals surface area contributed by atoms with E-state index in [0.29, 0.717) is 17.4 Å². The van der Waals surface area contributed by atoms with Crippen LogP contribution in [0.15, 0.2) is 23.0 Å². The molecule has 130 valence electrons. The maximum atomic E-state index is 12.1. The van der Waals surface area contributed by atoms with Crippen LogP contribution in [-0.4, -0.2) is 44.0 Å². The Morgan fingerprint density at radius 2 is 1.83 bits per heavy atom. The molecule has 0 aliphatic carbocycles. The number of fused-ring (bicyclic) bond motifs is 1. The van der Waals surface area contributed by atoms with E-state index in [9.17, 15) is 4.79 Å². The maximum absolute atomic E-state index is 12.1. The fourth-order valence-electron chi connectivity index (χ4n) is 3.47. The van der Waals surface area contributed by atoms with Crippen molar-refractivity contribution >= 4 is 16.6 Å². The monoisotopic (exact) mass is 332 g/mol. The highest BCUT2D eigenvalue weighted by atomic mass is 16.5. The largest absolute Gasteiger partial charge is 0.493 e. The summed E-state index contributed by atoms with van der Waals surface area (Å²) in [5.74, 6) is 1.81. The van der Waals surface area contributed by atoms with Crippen LogP contribution in [0, 0.1) is 5.92 Å². The number of nitrogens with one attached hydrogen (secondary N) is 1. The number of aliphatic hydroxyl groups excluding tert-OH is 1. The van der Waals surface area contributed by atoms with E-state index in [1.165, 1.54) is 0 Å². The molecular formula is C18H24N2O4. The van der Waals surface area contributed by atoms with Crippen LogP contribution in [0.5, 0.6) is 11.5 Å². The lowest BCUT2D eigenvalue weighted by Gasteiger charge is -2.34. The van der Waals surface area contributed by atoms with Gasteiger partial charge in [0.15, 0.2) is 11.5 Å². The molecule has 0 spiro atoms. The first-order valence-corrected chi connectivity index (χ1v) is 8.31. The topological polar surface area (TPSA) is 74.8 Å². The zero-order chi connectivity index (χ0) is 17.1. The Bertz CT molecular complexity index is 763. The van der Waals surface area contributed by atoms with Gasteiger partial charge in [0.2, 0.25) is 5.56 Å². The van der Waals surface area contributed by atoms with Crippen molar-refractivity contribution in [2.45, 2.75) is 19.3 Å². The van der Waals surface area contributed by atoms with Gasteiger partial charge >= 0.3 is 0 Å². The van der Waals surface area contributed by atoms with Crippen LogP contribution in [0.4, 0.5) is 5.69 Å². The average Bonchev–Trinajstić information content (AvgIpc) is 2.60. The fourth-order valence-corrected chi connectivity index (χ4v) is 3.47. The predicted molar refractivity (Wildman–Crippen MR) is 94.3 cm³/mol. The first-order valence-electron chi connectivity index (χ1n) is 8.31. The van der Waals surface area contributed by atoms with Gasteiger partial charge in [-0.2, -0.15) is 0 Å². The molecule has 1 aromatic heterocycles. The Labute approximate surface area is 141 Å². The third-order valence-corrected chi connectivity index (χ3v) is 4.82. The summed E-state index contributed by atoms with van der Waals surface area (Å²) in [6, 6.07) is 5.37. The van der Waals surface area contributed by atoms with Crippen molar-refractivity contribution in [3.8, 4) is 11.5 Å². The van der Waals surface area contributed by atoms with Gasteiger partial charge in [0, 0.05) is 37.2 Å². The molecule has 6 heteroatoms. The van der Waals surface area contributed by atoms with Crippen LogP contribution in [0.1, 0.15) is 19.3 Å². The Morgan fingerprint density at radius 1 is 1.17 bits per heavy atom. The molecule has 6 nitrogen and oxygen atoms in total. The number of piperidine rings is 1. The molecule has 0 radical (unpaired) electrons. The second-order valence-electron chi connectivity index (χ2n) is 6.21. The van der Waals surface area contributed by atoms with E-state index in [1.807, 2.05) is 6.07 Å². The van der Waals surface area contributed by atoms with E-state index in [4.69, 9.17) is 14.6 Å². The molecular weight excluding hydrogens is 308 g/mol. The first-order chi connectivity index (χ1) is 11.7. The number of aromatic amines is 1. The molecule has 1 aliphatic rings. The first kappa shape index (κ1) is 16.6. The summed E-state index contributed by atoms with van der Waals surface area (Å²) >= 11 is 0. The minimum absolute atomic E-state index is 0.123. The second-order valence-corrected chi connectivity index (χ2v) is 6.21. The molecule has 24 heavy (non-hydrogen) atoms. The van der Waals surface area contributed by atoms with Gasteiger partial charge in [-0.1, -0.05) is 0 Å². The van der Waals surface area contributed by atoms with E-state index < -0.39 is 0 Å². The molecule has 0 amide bonds. The number of rotatable bonds is 5. The van der Waals surface area contributed by atoms with E-state index >= 15 is 0 Å². The van der Waals surface area contributed by atoms with Crippen LogP contribution in [0.3, 0.4) is 0 Å². The number of hydrogen-bond acceptors (Lipinski definition) is 5. The Hall–Kier alpha value is -2.21. The summed E-state index contributed by atoms with van der Waals surface area (Å²) in [6.45, 7) is 2.02. The molecule has 2 N–H and O–H groups in total. The van der Waals surface area contributed by atoms with Gasteiger partial charge in [-0.05, 0) is 31.2 Å². The maximum Gasteiger partial charge on any atom is 0.250 e. The highest BCUT2D eigenvalue weighted by molar-refractivity contribution is 5.94. The van der Waals surface area contributed by atoms with E-state index in [1.54, 1.807) is 26.4 Å². The van der Waals surface area contributed by atoms with Gasteiger partial charge in [-0.3, -0.25) is 4.79 Å². The average molecular weight is 332 g/mol. The second kappa shape index (κ2) is 7.13. The van der Waals surface area contributed by atoms with Crippen LogP contribution in [0.25, 0.3) is 10.9 Å². The molecule has 1 aromatic carbocycles. The summed E-state index contributed by atoms with van der Waals surface area (Å²) in [6.07, 6.45) is 2.92. The molecule has 1 fully saturated rings. The molecule has 0 unspecified atom stereocenters. The number of hydrogen-bond donors (Lipinski definition) is 2. The lowest BCUT2D eigenvalue weighted by atomic mass is 9.93. The van der Waals surface area contributed by atoms with E-state index in [2.05, 4.69) is 9.88 Å². The van der Waals surface area contributed by atoms with Crippen LogP contribution >= 0.6 is 0 Å². The Morgan fingerprint density at radius 3 is 2.46 bits per heavy atom. The SMILES string of the molecule is COc1cc2[nH]c(=O)cc(N3CCC(CCO)CC3)c2cc1OC. The third kappa shape index (κ3) is 3.19. The molecule has 0 atom stereocenters. The lowest BCUT2D eigenvalue weighted by molar-refractivity contribution is 0.240. The number of pyridine rings is 1. The van der Waals surface area contributed by atoms with Crippen molar-refractivity contribution in [3.63, 3.8) is 0 Å².